The molecule has 0 radical (unpaired) electrons. The number of nitrogens with zero attached hydrogens (tertiary/aromatic N) is 2. The molecule has 0 saturated carbocycles. The van der Waals surface area contributed by atoms with E-state index in [1.807, 2.05) is 18.4 Å². The van der Waals surface area contributed by atoms with Gasteiger partial charge >= 0.3 is 5.97 Å². The number of benzene rings is 1. The Balaban J connectivity index is 2.15. The Bertz CT molecular complexity index is 711. The van der Waals surface area contributed by atoms with Crippen LogP contribution in [0.25, 0.3) is 11.3 Å². The zero-order chi connectivity index (χ0) is 15.0. The molecule has 1 aliphatic heterocycles. The summed E-state index contributed by atoms with van der Waals surface area (Å²) >= 11 is 1.57. The van der Waals surface area contributed by atoms with Gasteiger partial charge in [0.15, 0.2) is 17.2 Å². The van der Waals surface area contributed by atoms with Gasteiger partial charge in [-0.05, 0) is 24.5 Å². The molecule has 0 saturated heterocycles. The van der Waals surface area contributed by atoms with Gasteiger partial charge in [-0.15, -0.1) is 11.8 Å². The minimum Gasteiger partial charge on any atom is -0.486 e. The standard InChI is InChI=1S/C14H14N2O4S/c1-16-10(6-9(15-16)14(17)18)8-5-11-12(7-13(8)21-2)20-4-3-19-11/h5-7H,3-4H2,1-2H3,(H,17,18). The van der Waals surface area contributed by atoms with Crippen LogP contribution in [0.15, 0.2) is 23.1 Å². The molecule has 1 aromatic heterocycles. The maximum Gasteiger partial charge on any atom is 0.356 e. The molecule has 0 fully saturated rings. The number of ether oxygens (including phenoxy) is 2. The SMILES string of the molecule is CSc1cc2c(cc1-c1cc(C(=O)O)nn1C)OCCO2. The fourth-order valence-corrected chi connectivity index (χ4v) is 2.87. The largest absolute Gasteiger partial charge is 0.486 e. The summed E-state index contributed by atoms with van der Waals surface area (Å²) in [5.74, 6) is 0.349. The van der Waals surface area contributed by atoms with E-state index in [0.29, 0.717) is 19.0 Å². The van der Waals surface area contributed by atoms with Gasteiger partial charge in [-0.2, -0.15) is 5.10 Å². The first-order valence-electron chi connectivity index (χ1n) is 6.35. The van der Waals surface area contributed by atoms with Crippen molar-refractivity contribution in [1.82, 2.24) is 9.78 Å². The summed E-state index contributed by atoms with van der Waals surface area (Å²) in [6.07, 6.45) is 1.96. The van der Waals surface area contributed by atoms with Gasteiger partial charge in [0.2, 0.25) is 0 Å². The van der Waals surface area contributed by atoms with E-state index >= 15 is 0 Å². The fraction of sp³-hybridized carbons (Fsp3) is 0.286. The first-order valence-corrected chi connectivity index (χ1v) is 7.58. The fourth-order valence-electron chi connectivity index (χ4n) is 2.26. The number of aryl methyl sites for hydroxylation is 1. The quantitative estimate of drug-likeness (QED) is 0.877. The lowest BCUT2D eigenvalue weighted by Crippen LogP contribution is -2.15. The molecule has 0 unspecified atom stereocenters. The number of thioether (sulfide) groups is 1. The molecule has 6 nitrogen and oxygen atoms in total. The molecule has 0 aliphatic carbocycles. The maximum absolute atomic E-state index is 11.1. The molecule has 1 N–H and O–H groups in total. The van der Waals surface area contributed by atoms with Gasteiger partial charge in [-0.25, -0.2) is 4.79 Å². The highest BCUT2D eigenvalue weighted by Crippen LogP contribution is 2.41. The van der Waals surface area contributed by atoms with Crippen LogP contribution in [0.5, 0.6) is 11.5 Å². The van der Waals surface area contributed by atoms with Crippen LogP contribution in [0.4, 0.5) is 0 Å². The zero-order valence-corrected chi connectivity index (χ0v) is 12.4. The van der Waals surface area contributed by atoms with Crippen molar-refractivity contribution in [1.29, 1.82) is 0 Å². The molecular formula is C14H14N2O4S. The van der Waals surface area contributed by atoms with Crippen molar-refractivity contribution >= 4 is 17.7 Å². The highest BCUT2D eigenvalue weighted by atomic mass is 32.2. The molecule has 0 amide bonds. The van der Waals surface area contributed by atoms with Crippen molar-refractivity contribution in [3.8, 4) is 22.8 Å². The Hall–Kier alpha value is -2.15. The van der Waals surface area contributed by atoms with Gasteiger partial charge in [-0.3, -0.25) is 4.68 Å². The number of aromatic carboxylic acids is 1. The molecule has 21 heavy (non-hydrogen) atoms. The molecule has 0 spiro atoms. The predicted octanol–water partition coefficient (Wildman–Crippen LogP) is 2.28. The molecule has 110 valence electrons. The smallest absolute Gasteiger partial charge is 0.356 e. The molecule has 2 heterocycles. The van der Waals surface area contributed by atoms with Crippen LogP contribution in [0.1, 0.15) is 10.5 Å². The Morgan fingerprint density at radius 2 is 1.95 bits per heavy atom. The average Bonchev–Trinajstić information content (AvgIpc) is 2.88. The van der Waals surface area contributed by atoms with E-state index in [0.717, 1.165) is 21.9 Å². The van der Waals surface area contributed by atoms with Gasteiger partial charge in [0.1, 0.15) is 13.2 Å². The number of carboxylic acids is 1. The van der Waals surface area contributed by atoms with Gasteiger partial charge in [0.05, 0.1) is 5.69 Å². The Kier molecular flexibility index (Phi) is 3.50. The molecule has 1 aliphatic rings. The minimum atomic E-state index is -1.04. The third-order valence-corrected chi connectivity index (χ3v) is 4.02. The first kappa shape index (κ1) is 13.8. The molecular weight excluding hydrogens is 292 g/mol. The number of hydrogen-bond acceptors (Lipinski definition) is 5. The second-order valence-corrected chi connectivity index (χ2v) is 5.39. The normalized spacial score (nSPS) is 13.2. The zero-order valence-electron chi connectivity index (χ0n) is 11.6. The van der Waals surface area contributed by atoms with Crippen molar-refractivity contribution < 1.29 is 19.4 Å². The number of aromatic nitrogens is 2. The highest BCUT2D eigenvalue weighted by Gasteiger charge is 2.20. The molecule has 7 heteroatoms. The van der Waals surface area contributed by atoms with Gasteiger partial charge in [-0.1, -0.05) is 0 Å². The van der Waals surface area contributed by atoms with Crippen LogP contribution >= 0.6 is 11.8 Å². The van der Waals surface area contributed by atoms with Crippen molar-refractivity contribution in [3.63, 3.8) is 0 Å². The number of fused-ring (bicyclic) bond motifs is 1. The third kappa shape index (κ3) is 2.44. The highest BCUT2D eigenvalue weighted by molar-refractivity contribution is 7.98. The van der Waals surface area contributed by atoms with Gasteiger partial charge < -0.3 is 14.6 Å². The van der Waals surface area contributed by atoms with Crippen LogP contribution in [-0.2, 0) is 7.05 Å². The lowest BCUT2D eigenvalue weighted by molar-refractivity contribution is 0.0689. The van der Waals surface area contributed by atoms with Crippen LogP contribution in [-0.4, -0.2) is 40.3 Å². The van der Waals surface area contributed by atoms with Crippen molar-refractivity contribution in [2.45, 2.75) is 4.90 Å². The van der Waals surface area contributed by atoms with Crippen LogP contribution < -0.4 is 9.47 Å². The molecule has 3 rings (SSSR count). The lowest BCUT2D eigenvalue weighted by atomic mass is 10.1. The van der Waals surface area contributed by atoms with E-state index in [-0.39, 0.29) is 5.69 Å². The summed E-state index contributed by atoms with van der Waals surface area (Å²) in [6.45, 7) is 1.05. The monoisotopic (exact) mass is 306 g/mol. The van der Waals surface area contributed by atoms with Gasteiger partial charge in [0.25, 0.3) is 0 Å². The number of carboxylic acid groups (broad SMARTS) is 1. The molecule has 2 aromatic rings. The Labute approximate surface area is 125 Å². The lowest BCUT2D eigenvalue weighted by Gasteiger charge is -2.20. The number of rotatable bonds is 3. The first-order chi connectivity index (χ1) is 10.1. The van der Waals surface area contributed by atoms with Crippen LogP contribution in [0.2, 0.25) is 0 Å². The molecule has 0 bridgehead atoms. The topological polar surface area (TPSA) is 73.6 Å². The second kappa shape index (κ2) is 5.33. The Morgan fingerprint density at radius 1 is 1.29 bits per heavy atom. The second-order valence-electron chi connectivity index (χ2n) is 4.54. The van der Waals surface area contributed by atoms with Gasteiger partial charge in [0, 0.05) is 17.5 Å². The average molecular weight is 306 g/mol. The predicted molar refractivity (Wildman–Crippen MR) is 78.4 cm³/mol. The van der Waals surface area contributed by atoms with E-state index in [4.69, 9.17) is 14.6 Å². The maximum atomic E-state index is 11.1. The number of hydrogen-bond donors (Lipinski definition) is 1. The van der Waals surface area contributed by atoms with Crippen molar-refractivity contribution in [2.24, 2.45) is 7.05 Å². The summed E-state index contributed by atoms with van der Waals surface area (Å²) < 4.78 is 12.7. The molecule has 1 aromatic carbocycles. The van der Waals surface area contributed by atoms with Crippen LogP contribution in [0.3, 0.4) is 0 Å². The molecule has 0 atom stereocenters. The summed E-state index contributed by atoms with van der Waals surface area (Å²) in [4.78, 5) is 12.0. The Morgan fingerprint density at radius 3 is 2.52 bits per heavy atom. The summed E-state index contributed by atoms with van der Waals surface area (Å²) in [6, 6.07) is 5.36. The summed E-state index contributed by atoms with van der Waals surface area (Å²) in [5, 5.41) is 13.1. The van der Waals surface area contributed by atoms with E-state index in [2.05, 4.69) is 5.10 Å². The van der Waals surface area contributed by atoms with Crippen molar-refractivity contribution in [2.75, 3.05) is 19.5 Å². The van der Waals surface area contributed by atoms with Crippen LogP contribution in [0, 0.1) is 0 Å². The summed E-state index contributed by atoms with van der Waals surface area (Å²) in [5.41, 5.74) is 1.64. The van der Waals surface area contributed by atoms with E-state index in [1.54, 1.807) is 29.6 Å². The minimum absolute atomic E-state index is 0.0226. The van der Waals surface area contributed by atoms with Crippen molar-refractivity contribution in [3.05, 3.63) is 23.9 Å². The number of carbonyl (C=O) groups is 1. The third-order valence-electron chi connectivity index (χ3n) is 3.24. The van der Waals surface area contributed by atoms with E-state index in [9.17, 15) is 4.79 Å². The summed E-state index contributed by atoms with van der Waals surface area (Å²) in [7, 11) is 1.72. The van der Waals surface area contributed by atoms with E-state index < -0.39 is 5.97 Å². The van der Waals surface area contributed by atoms with E-state index in [1.165, 1.54) is 0 Å².